The van der Waals surface area contributed by atoms with Crippen LogP contribution in [0.15, 0.2) is 0 Å². The summed E-state index contributed by atoms with van der Waals surface area (Å²) in [6, 6.07) is 0. The van der Waals surface area contributed by atoms with Crippen LogP contribution in [-0.2, 0) is 4.79 Å². The molecule has 1 rings (SSSR count). The first-order chi connectivity index (χ1) is 7.61. The molecule has 0 aromatic heterocycles. The van der Waals surface area contributed by atoms with E-state index >= 15 is 0 Å². The SMILES string of the molecule is CC(C)C(O)CNC(=O)C1CCCCCC1. The van der Waals surface area contributed by atoms with Gasteiger partial charge in [-0.05, 0) is 18.8 Å². The maximum atomic E-state index is 11.9. The van der Waals surface area contributed by atoms with Crippen molar-refractivity contribution in [3.05, 3.63) is 0 Å². The predicted molar refractivity (Wildman–Crippen MR) is 65.0 cm³/mol. The molecule has 3 heteroatoms. The van der Waals surface area contributed by atoms with Gasteiger partial charge in [0.15, 0.2) is 0 Å². The Morgan fingerprint density at radius 1 is 1.25 bits per heavy atom. The molecule has 1 aliphatic carbocycles. The van der Waals surface area contributed by atoms with E-state index in [1.165, 1.54) is 25.7 Å². The van der Waals surface area contributed by atoms with Crippen molar-refractivity contribution in [2.45, 2.75) is 58.5 Å². The van der Waals surface area contributed by atoms with E-state index in [1.54, 1.807) is 0 Å². The van der Waals surface area contributed by atoms with E-state index in [4.69, 9.17) is 0 Å². The normalized spacial score (nSPS) is 20.5. The lowest BCUT2D eigenvalue weighted by Crippen LogP contribution is -2.38. The van der Waals surface area contributed by atoms with Crippen LogP contribution in [0, 0.1) is 11.8 Å². The summed E-state index contributed by atoms with van der Waals surface area (Å²) in [5.74, 6) is 0.526. The number of hydrogen-bond donors (Lipinski definition) is 2. The Morgan fingerprint density at radius 2 is 1.81 bits per heavy atom. The van der Waals surface area contributed by atoms with Crippen molar-refractivity contribution in [2.24, 2.45) is 11.8 Å². The second-order valence-corrected chi connectivity index (χ2v) is 5.25. The lowest BCUT2D eigenvalue weighted by molar-refractivity contribution is -0.126. The number of amides is 1. The van der Waals surface area contributed by atoms with Crippen LogP contribution in [0.4, 0.5) is 0 Å². The fraction of sp³-hybridized carbons (Fsp3) is 0.923. The molecule has 1 unspecified atom stereocenters. The maximum absolute atomic E-state index is 11.9. The molecule has 1 aliphatic rings. The Morgan fingerprint density at radius 3 is 2.31 bits per heavy atom. The van der Waals surface area contributed by atoms with Crippen molar-refractivity contribution in [2.75, 3.05) is 6.54 Å². The summed E-state index contributed by atoms with van der Waals surface area (Å²) >= 11 is 0. The molecule has 0 saturated heterocycles. The molecule has 94 valence electrons. The summed E-state index contributed by atoms with van der Waals surface area (Å²) in [7, 11) is 0. The monoisotopic (exact) mass is 227 g/mol. The Labute approximate surface area is 98.6 Å². The molecule has 2 N–H and O–H groups in total. The highest BCUT2D eigenvalue weighted by Crippen LogP contribution is 2.22. The average molecular weight is 227 g/mol. The summed E-state index contributed by atoms with van der Waals surface area (Å²) in [5.41, 5.74) is 0. The first kappa shape index (κ1) is 13.5. The number of rotatable bonds is 4. The van der Waals surface area contributed by atoms with Crippen LogP contribution < -0.4 is 5.32 Å². The fourth-order valence-corrected chi connectivity index (χ4v) is 2.13. The third-order valence-corrected chi connectivity index (χ3v) is 3.48. The van der Waals surface area contributed by atoms with Crippen LogP contribution in [0.3, 0.4) is 0 Å². The summed E-state index contributed by atoms with van der Waals surface area (Å²) in [4.78, 5) is 11.9. The zero-order valence-electron chi connectivity index (χ0n) is 10.5. The zero-order chi connectivity index (χ0) is 12.0. The van der Waals surface area contributed by atoms with E-state index in [-0.39, 0.29) is 17.7 Å². The third-order valence-electron chi connectivity index (χ3n) is 3.48. The van der Waals surface area contributed by atoms with Crippen molar-refractivity contribution in [3.8, 4) is 0 Å². The van der Waals surface area contributed by atoms with Crippen LogP contribution in [-0.4, -0.2) is 23.7 Å². The van der Waals surface area contributed by atoms with Gasteiger partial charge in [-0.25, -0.2) is 0 Å². The molecule has 1 fully saturated rings. The van der Waals surface area contributed by atoms with Gasteiger partial charge in [0.2, 0.25) is 5.91 Å². The minimum Gasteiger partial charge on any atom is -0.391 e. The number of aliphatic hydroxyl groups excluding tert-OH is 1. The third kappa shape index (κ3) is 4.52. The molecule has 1 atom stereocenters. The topological polar surface area (TPSA) is 49.3 Å². The molecule has 0 bridgehead atoms. The first-order valence-corrected chi connectivity index (χ1v) is 6.57. The molecule has 0 heterocycles. The van der Waals surface area contributed by atoms with Crippen molar-refractivity contribution >= 4 is 5.91 Å². The smallest absolute Gasteiger partial charge is 0.223 e. The highest BCUT2D eigenvalue weighted by Gasteiger charge is 2.20. The quantitative estimate of drug-likeness (QED) is 0.722. The summed E-state index contributed by atoms with van der Waals surface area (Å²) in [5, 5.41) is 12.5. The Hall–Kier alpha value is -0.570. The summed E-state index contributed by atoms with van der Waals surface area (Å²) < 4.78 is 0. The average Bonchev–Trinajstić information content (AvgIpc) is 2.53. The minimum atomic E-state index is -0.422. The molecule has 0 aliphatic heterocycles. The van der Waals surface area contributed by atoms with Gasteiger partial charge < -0.3 is 10.4 Å². The molecule has 1 saturated carbocycles. The number of nitrogens with one attached hydrogen (secondary N) is 1. The Balaban J connectivity index is 2.27. The van der Waals surface area contributed by atoms with Gasteiger partial charge in [-0.2, -0.15) is 0 Å². The largest absolute Gasteiger partial charge is 0.391 e. The van der Waals surface area contributed by atoms with E-state index in [9.17, 15) is 9.90 Å². The van der Waals surface area contributed by atoms with Gasteiger partial charge in [0.25, 0.3) is 0 Å². The van der Waals surface area contributed by atoms with Crippen molar-refractivity contribution < 1.29 is 9.90 Å². The molecule has 0 aromatic carbocycles. The second-order valence-electron chi connectivity index (χ2n) is 5.25. The van der Waals surface area contributed by atoms with Gasteiger partial charge in [-0.3, -0.25) is 4.79 Å². The summed E-state index contributed by atoms with van der Waals surface area (Å²) in [6.45, 7) is 4.32. The number of carbonyl (C=O) groups excluding carboxylic acids is 1. The van der Waals surface area contributed by atoms with Crippen molar-refractivity contribution in [1.29, 1.82) is 0 Å². The number of aliphatic hydroxyl groups is 1. The zero-order valence-corrected chi connectivity index (χ0v) is 10.5. The van der Waals surface area contributed by atoms with Crippen molar-refractivity contribution in [3.63, 3.8) is 0 Å². The van der Waals surface area contributed by atoms with E-state index in [0.29, 0.717) is 6.54 Å². The van der Waals surface area contributed by atoms with Crippen LogP contribution in [0.5, 0.6) is 0 Å². The van der Waals surface area contributed by atoms with Crippen molar-refractivity contribution in [1.82, 2.24) is 5.32 Å². The lowest BCUT2D eigenvalue weighted by Gasteiger charge is -2.18. The van der Waals surface area contributed by atoms with Gasteiger partial charge in [0.1, 0.15) is 0 Å². The molecular formula is C13H25NO2. The van der Waals surface area contributed by atoms with E-state index in [0.717, 1.165) is 12.8 Å². The highest BCUT2D eigenvalue weighted by atomic mass is 16.3. The van der Waals surface area contributed by atoms with Gasteiger partial charge in [-0.15, -0.1) is 0 Å². The molecule has 16 heavy (non-hydrogen) atoms. The van der Waals surface area contributed by atoms with Crippen LogP contribution in [0.25, 0.3) is 0 Å². The molecular weight excluding hydrogens is 202 g/mol. The summed E-state index contributed by atoms with van der Waals surface area (Å²) in [6.07, 6.45) is 6.48. The predicted octanol–water partition coefficient (Wildman–Crippen LogP) is 2.09. The van der Waals surface area contributed by atoms with Crippen LogP contribution >= 0.6 is 0 Å². The Bertz CT molecular complexity index is 208. The van der Waals surface area contributed by atoms with Crippen LogP contribution in [0.2, 0.25) is 0 Å². The number of carbonyl (C=O) groups is 1. The first-order valence-electron chi connectivity index (χ1n) is 6.57. The maximum Gasteiger partial charge on any atom is 0.223 e. The molecule has 1 amide bonds. The molecule has 0 radical (unpaired) electrons. The fourth-order valence-electron chi connectivity index (χ4n) is 2.13. The van der Waals surface area contributed by atoms with Crippen LogP contribution in [0.1, 0.15) is 52.4 Å². The highest BCUT2D eigenvalue weighted by molar-refractivity contribution is 5.78. The van der Waals surface area contributed by atoms with Gasteiger partial charge in [-0.1, -0.05) is 39.5 Å². The van der Waals surface area contributed by atoms with E-state index < -0.39 is 6.10 Å². The molecule has 3 nitrogen and oxygen atoms in total. The van der Waals surface area contributed by atoms with Gasteiger partial charge in [0, 0.05) is 12.5 Å². The number of hydrogen-bond acceptors (Lipinski definition) is 2. The molecule has 0 aromatic rings. The van der Waals surface area contributed by atoms with E-state index in [1.807, 2.05) is 13.8 Å². The Kier molecular flexibility index (Phi) is 5.81. The minimum absolute atomic E-state index is 0.140. The lowest BCUT2D eigenvalue weighted by atomic mass is 9.99. The van der Waals surface area contributed by atoms with E-state index in [2.05, 4.69) is 5.32 Å². The standard InChI is InChI=1S/C13H25NO2/c1-10(2)12(15)9-14-13(16)11-7-5-3-4-6-8-11/h10-12,15H,3-9H2,1-2H3,(H,14,16). The van der Waals surface area contributed by atoms with Gasteiger partial charge >= 0.3 is 0 Å². The second kappa shape index (κ2) is 6.89. The molecule has 0 spiro atoms. The van der Waals surface area contributed by atoms with Gasteiger partial charge in [0.05, 0.1) is 6.10 Å².